The van der Waals surface area contributed by atoms with Crippen molar-refractivity contribution in [2.75, 3.05) is 0 Å². The Morgan fingerprint density at radius 1 is 0.400 bits per heavy atom. The van der Waals surface area contributed by atoms with Crippen molar-refractivity contribution in [1.82, 2.24) is 0 Å². The van der Waals surface area contributed by atoms with Crippen LogP contribution in [0.5, 0.6) is 0 Å². The lowest BCUT2D eigenvalue weighted by molar-refractivity contribution is 0.511. The third-order valence-electron chi connectivity index (χ3n) is 11.9. The molecule has 0 nitrogen and oxygen atoms in total. The lowest BCUT2D eigenvalue weighted by atomic mass is 9.88. The minimum Gasteiger partial charge on any atom is -0.207 e. The van der Waals surface area contributed by atoms with E-state index in [2.05, 4.69) is 118 Å². The maximum absolute atomic E-state index is 15.1. The number of hydrogen-bond donors (Lipinski definition) is 0. The van der Waals surface area contributed by atoms with Gasteiger partial charge in [0.25, 0.3) is 0 Å². The van der Waals surface area contributed by atoms with Crippen molar-refractivity contribution in [3.63, 3.8) is 0 Å². The molecule has 0 spiro atoms. The standard InChI is InChI=1S/C45H53F3Si2/c1-26(2)49(27(3)4,28(5)6)16-14-37-39-19-33-18-32(13)43(46)23-34(33)20-40(39)38(15-17-50(29(7)8,30(9)10)31(11)12)42-22-36-25-45(48)44(47)24-35(36)21-41(37)42/h18-31H,1-13H3. The van der Waals surface area contributed by atoms with E-state index < -0.39 is 27.8 Å². The van der Waals surface area contributed by atoms with Crippen molar-refractivity contribution in [2.45, 2.75) is 123 Å². The second kappa shape index (κ2) is 13.9. The molecule has 0 heterocycles. The van der Waals surface area contributed by atoms with E-state index in [0.29, 0.717) is 49.6 Å². The summed E-state index contributed by atoms with van der Waals surface area (Å²) < 4.78 is 44.5. The van der Waals surface area contributed by atoms with Gasteiger partial charge in [-0.15, -0.1) is 11.1 Å². The fourth-order valence-corrected chi connectivity index (χ4v) is 19.7. The monoisotopic (exact) mass is 706 g/mol. The van der Waals surface area contributed by atoms with E-state index in [4.69, 9.17) is 0 Å². The van der Waals surface area contributed by atoms with Gasteiger partial charge in [0, 0.05) is 11.1 Å². The number of aryl methyl sites for hydroxylation is 1. The van der Waals surface area contributed by atoms with Gasteiger partial charge in [-0.05, 0) is 137 Å². The summed E-state index contributed by atoms with van der Waals surface area (Å²) in [6.07, 6.45) is 0. The second-order valence-electron chi connectivity index (χ2n) is 16.4. The Morgan fingerprint density at radius 3 is 0.940 bits per heavy atom. The summed E-state index contributed by atoms with van der Waals surface area (Å²) in [6, 6.07) is 14.2. The zero-order valence-corrected chi connectivity index (χ0v) is 34.2. The number of fused-ring (bicyclic) bond motifs is 4. The zero-order chi connectivity index (χ0) is 37.0. The summed E-state index contributed by atoms with van der Waals surface area (Å²) in [4.78, 5) is 0. The minimum absolute atomic E-state index is 0.249. The van der Waals surface area contributed by atoms with Crippen molar-refractivity contribution in [1.29, 1.82) is 0 Å². The fourth-order valence-electron chi connectivity index (χ4n) is 9.32. The topological polar surface area (TPSA) is 0 Å². The predicted octanol–water partition coefficient (Wildman–Crippen LogP) is 14.2. The molecule has 0 aliphatic rings. The van der Waals surface area contributed by atoms with Crippen LogP contribution in [0.2, 0.25) is 33.2 Å². The molecule has 5 rings (SSSR count). The van der Waals surface area contributed by atoms with Gasteiger partial charge >= 0.3 is 0 Å². The third-order valence-corrected chi connectivity index (χ3v) is 24.5. The van der Waals surface area contributed by atoms with Crippen molar-refractivity contribution in [3.05, 3.63) is 82.7 Å². The van der Waals surface area contributed by atoms with E-state index in [-0.39, 0.29) is 5.82 Å². The molecule has 0 saturated heterocycles. The van der Waals surface area contributed by atoms with Gasteiger partial charge in [0.2, 0.25) is 0 Å². The van der Waals surface area contributed by atoms with E-state index >= 15 is 4.39 Å². The number of halogens is 3. The van der Waals surface area contributed by atoms with Crippen LogP contribution in [0.4, 0.5) is 13.2 Å². The van der Waals surface area contributed by atoms with E-state index in [1.807, 2.05) is 18.2 Å². The van der Waals surface area contributed by atoms with Gasteiger partial charge in [0.05, 0.1) is 0 Å². The van der Waals surface area contributed by atoms with Gasteiger partial charge in [0.15, 0.2) is 11.6 Å². The summed E-state index contributed by atoms with van der Waals surface area (Å²) in [6.45, 7) is 29.4. The molecule has 0 aliphatic carbocycles. The maximum atomic E-state index is 15.1. The Hall–Kier alpha value is -3.52. The maximum Gasteiger partial charge on any atom is 0.159 e. The van der Waals surface area contributed by atoms with Gasteiger partial charge in [0.1, 0.15) is 22.0 Å². The fraction of sp³-hybridized carbons (Fsp3) is 0.422. The molecule has 0 N–H and O–H groups in total. The number of hydrogen-bond acceptors (Lipinski definition) is 0. The first kappa shape index (κ1) is 37.7. The largest absolute Gasteiger partial charge is 0.207 e. The lowest BCUT2D eigenvalue weighted by Gasteiger charge is -2.38. The smallest absolute Gasteiger partial charge is 0.159 e. The molecular formula is C45H53F3Si2. The van der Waals surface area contributed by atoms with Crippen LogP contribution in [0.1, 0.15) is 99.8 Å². The minimum atomic E-state index is -2.17. The Bertz CT molecular complexity index is 1940. The van der Waals surface area contributed by atoms with Gasteiger partial charge in [-0.25, -0.2) is 13.2 Å². The van der Waals surface area contributed by atoms with Crippen LogP contribution in [0.25, 0.3) is 43.1 Å². The van der Waals surface area contributed by atoms with E-state index in [1.165, 1.54) is 12.1 Å². The van der Waals surface area contributed by atoms with Crippen LogP contribution in [0.3, 0.4) is 0 Å². The molecule has 0 bridgehead atoms. The highest BCUT2D eigenvalue weighted by Gasteiger charge is 2.43. The quantitative estimate of drug-likeness (QED) is 0.0937. The molecule has 0 radical (unpaired) electrons. The molecule has 0 atom stereocenters. The zero-order valence-electron chi connectivity index (χ0n) is 32.2. The molecule has 0 aliphatic heterocycles. The van der Waals surface area contributed by atoms with Crippen molar-refractivity contribution in [3.8, 4) is 22.9 Å². The first-order valence-electron chi connectivity index (χ1n) is 18.3. The average molecular weight is 707 g/mol. The summed E-state index contributed by atoms with van der Waals surface area (Å²) >= 11 is 0. The third kappa shape index (κ3) is 6.20. The van der Waals surface area contributed by atoms with E-state index in [1.54, 1.807) is 13.0 Å². The number of benzene rings is 5. The van der Waals surface area contributed by atoms with Crippen LogP contribution < -0.4 is 0 Å². The Kier molecular flexibility index (Phi) is 10.5. The first-order chi connectivity index (χ1) is 23.4. The molecule has 5 aromatic carbocycles. The van der Waals surface area contributed by atoms with Gasteiger partial charge in [-0.2, -0.15) is 0 Å². The van der Waals surface area contributed by atoms with Crippen LogP contribution in [0.15, 0.2) is 48.5 Å². The summed E-state index contributed by atoms with van der Waals surface area (Å²) in [5, 5.41) is 6.58. The molecule has 0 amide bonds. The van der Waals surface area contributed by atoms with Crippen LogP contribution in [-0.2, 0) is 0 Å². The molecular weight excluding hydrogens is 654 g/mol. The van der Waals surface area contributed by atoms with Gasteiger partial charge in [-0.1, -0.05) is 94.9 Å². The molecule has 0 saturated carbocycles. The molecule has 0 aromatic heterocycles. The van der Waals surface area contributed by atoms with E-state index in [9.17, 15) is 8.78 Å². The average Bonchev–Trinajstić information content (AvgIpc) is 3.01. The normalized spacial score (nSPS) is 12.8. The van der Waals surface area contributed by atoms with Crippen molar-refractivity contribution < 1.29 is 13.2 Å². The summed E-state index contributed by atoms with van der Waals surface area (Å²) in [7, 11) is -4.33. The second-order valence-corrected chi connectivity index (χ2v) is 27.6. The van der Waals surface area contributed by atoms with Gasteiger partial charge in [-0.3, -0.25) is 0 Å². The van der Waals surface area contributed by atoms with Crippen molar-refractivity contribution >= 4 is 59.2 Å². The highest BCUT2D eigenvalue weighted by atomic mass is 28.3. The molecule has 5 heteroatoms. The van der Waals surface area contributed by atoms with Gasteiger partial charge < -0.3 is 0 Å². The van der Waals surface area contributed by atoms with Crippen LogP contribution >= 0.6 is 0 Å². The Morgan fingerprint density at radius 2 is 0.660 bits per heavy atom. The lowest BCUT2D eigenvalue weighted by Crippen LogP contribution is -2.43. The molecule has 5 aromatic rings. The molecule has 0 unspecified atom stereocenters. The highest BCUT2D eigenvalue weighted by molar-refractivity contribution is 6.91. The number of rotatable bonds is 6. The SMILES string of the molecule is Cc1cc2cc3c(C#C[Si](C(C)C)(C(C)C)C(C)C)c4cc5cc(F)c(F)cc5cc4c(C#C[Si](C(C)C)(C(C)C)C(C)C)c3cc2cc1F. The summed E-state index contributed by atoms with van der Waals surface area (Å²) in [5.41, 5.74) is 12.8. The van der Waals surface area contributed by atoms with Crippen molar-refractivity contribution in [2.24, 2.45) is 0 Å². The highest BCUT2D eigenvalue weighted by Crippen LogP contribution is 2.44. The Balaban J connectivity index is 2.09. The Labute approximate surface area is 300 Å². The predicted molar refractivity (Wildman–Crippen MR) is 217 cm³/mol. The van der Waals surface area contributed by atoms with E-state index in [0.717, 1.165) is 43.4 Å². The van der Waals surface area contributed by atoms with Crippen LogP contribution in [-0.4, -0.2) is 16.1 Å². The molecule has 262 valence electrons. The first-order valence-corrected chi connectivity index (χ1v) is 22.8. The van der Waals surface area contributed by atoms with Crippen LogP contribution in [0, 0.1) is 47.3 Å². The molecule has 50 heavy (non-hydrogen) atoms. The molecule has 0 fully saturated rings. The summed E-state index contributed by atoms with van der Waals surface area (Å²) in [5.74, 6) is 5.54.